The second kappa shape index (κ2) is 4.30. The molecule has 2 heterocycles. The Morgan fingerprint density at radius 2 is 2.18 bits per heavy atom. The molecular formula is C13H8BrNOSe. The predicted octanol–water partition coefficient (Wildman–Crippen LogP) is 3.00. The third kappa shape index (κ3) is 2.04. The monoisotopic (exact) mass is 353 g/mol. The zero-order valence-corrected chi connectivity index (χ0v) is 12.0. The number of fused-ring (bicyclic) bond motifs is 1. The van der Waals surface area contributed by atoms with Gasteiger partial charge < -0.3 is 0 Å². The van der Waals surface area contributed by atoms with Crippen molar-refractivity contribution in [1.82, 2.24) is 0 Å². The fourth-order valence-corrected chi connectivity index (χ4v) is 3.57. The van der Waals surface area contributed by atoms with E-state index < -0.39 is 0 Å². The number of anilines is 1. The SMILES string of the molecule is O=C1Nc2cc(Br)ccc2/C1=C/c1ccc[se]1. The Morgan fingerprint density at radius 1 is 1.29 bits per heavy atom. The molecule has 4 heteroatoms. The number of hydrogen-bond acceptors (Lipinski definition) is 1. The van der Waals surface area contributed by atoms with Crippen LogP contribution < -0.4 is 5.32 Å². The molecule has 2 nitrogen and oxygen atoms in total. The van der Waals surface area contributed by atoms with Gasteiger partial charge in [-0.1, -0.05) is 0 Å². The average Bonchev–Trinajstić information content (AvgIpc) is 2.88. The maximum absolute atomic E-state index is 11.9. The van der Waals surface area contributed by atoms with Crippen LogP contribution >= 0.6 is 15.9 Å². The Hall–Kier alpha value is -1.09. The van der Waals surface area contributed by atoms with Gasteiger partial charge in [0.15, 0.2) is 0 Å². The zero-order chi connectivity index (χ0) is 11.8. The van der Waals surface area contributed by atoms with Gasteiger partial charge in [0.2, 0.25) is 0 Å². The van der Waals surface area contributed by atoms with Gasteiger partial charge in [-0.15, -0.1) is 0 Å². The van der Waals surface area contributed by atoms with E-state index >= 15 is 0 Å². The predicted molar refractivity (Wildman–Crippen MR) is 74.0 cm³/mol. The summed E-state index contributed by atoms with van der Waals surface area (Å²) in [5.41, 5.74) is 2.64. The van der Waals surface area contributed by atoms with Gasteiger partial charge in [-0.05, 0) is 0 Å². The number of nitrogens with one attached hydrogen (secondary N) is 1. The van der Waals surface area contributed by atoms with Gasteiger partial charge in [-0.25, -0.2) is 0 Å². The quantitative estimate of drug-likeness (QED) is 0.620. The number of hydrogen-bond donors (Lipinski definition) is 1. The fourth-order valence-electron chi connectivity index (χ4n) is 1.83. The average molecular weight is 353 g/mol. The summed E-state index contributed by atoms with van der Waals surface area (Å²) in [6.45, 7) is 0. The van der Waals surface area contributed by atoms with Crippen LogP contribution in [-0.2, 0) is 4.79 Å². The van der Waals surface area contributed by atoms with E-state index in [0.29, 0.717) is 14.5 Å². The van der Waals surface area contributed by atoms with Gasteiger partial charge in [0.25, 0.3) is 0 Å². The number of carbonyl (C=O) groups is 1. The molecule has 84 valence electrons. The summed E-state index contributed by atoms with van der Waals surface area (Å²) in [6.07, 6.45) is 2.00. The molecule has 1 amide bonds. The van der Waals surface area contributed by atoms with Crippen LogP contribution in [0.5, 0.6) is 0 Å². The molecule has 0 saturated heterocycles. The van der Waals surface area contributed by atoms with E-state index in [2.05, 4.69) is 32.3 Å². The number of carbonyl (C=O) groups excluding carboxylic acids is 1. The molecule has 0 saturated carbocycles. The second-order valence-corrected chi connectivity index (χ2v) is 6.69. The second-order valence-electron chi connectivity index (χ2n) is 3.72. The third-order valence-electron chi connectivity index (χ3n) is 2.59. The molecule has 0 aliphatic carbocycles. The van der Waals surface area contributed by atoms with E-state index in [4.69, 9.17) is 0 Å². The summed E-state index contributed by atoms with van der Waals surface area (Å²) < 4.78 is 2.21. The molecule has 0 bridgehead atoms. The molecule has 0 radical (unpaired) electrons. The summed E-state index contributed by atoms with van der Waals surface area (Å²) in [6, 6.07) is 9.97. The summed E-state index contributed by atoms with van der Waals surface area (Å²) in [7, 11) is 0. The van der Waals surface area contributed by atoms with Crippen LogP contribution in [0.25, 0.3) is 11.6 Å². The van der Waals surface area contributed by atoms with E-state index in [9.17, 15) is 4.79 Å². The van der Waals surface area contributed by atoms with Crippen LogP contribution in [-0.4, -0.2) is 20.4 Å². The number of rotatable bonds is 1. The van der Waals surface area contributed by atoms with Crippen molar-refractivity contribution < 1.29 is 4.79 Å². The van der Waals surface area contributed by atoms with Crippen molar-refractivity contribution in [2.75, 3.05) is 5.32 Å². The Bertz CT molecular complexity index is 616. The van der Waals surface area contributed by atoms with E-state index in [1.807, 2.05) is 30.3 Å². The molecule has 1 aromatic carbocycles. The van der Waals surface area contributed by atoms with E-state index in [1.165, 1.54) is 4.44 Å². The molecule has 17 heavy (non-hydrogen) atoms. The first-order valence-corrected chi connectivity index (χ1v) is 7.74. The van der Waals surface area contributed by atoms with Crippen LogP contribution in [0.15, 0.2) is 39.7 Å². The summed E-state index contributed by atoms with van der Waals surface area (Å²) >= 11 is 3.77. The van der Waals surface area contributed by atoms with Crippen molar-refractivity contribution in [3.05, 3.63) is 49.7 Å². The number of amides is 1. The van der Waals surface area contributed by atoms with Crippen molar-refractivity contribution in [3.8, 4) is 0 Å². The molecule has 0 atom stereocenters. The molecule has 0 fully saturated rings. The Kier molecular flexibility index (Phi) is 2.79. The van der Waals surface area contributed by atoms with Gasteiger partial charge in [-0.3, -0.25) is 0 Å². The van der Waals surface area contributed by atoms with Crippen LogP contribution in [0.2, 0.25) is 0 Å². The van der Waals surface area contributed by atoms with Crippen molar-refractivity contribution in [1.29, 1.82) is 0 Å². The molecule has 1 aliphatic rings. The van der Waals surface area contributed by atoms with Crippen molar-refractivity contribution in [2.45, 2.75) is 0 Å². The summed E-state index contributed by atoms with van der Waals surface area (Å²) in [4.78, 5) is 14.0. The van der Waals surface area contributed by atoms with Crippen LogP contribution in [0, 0.1) is 0 Å². The Labute approximate surface area is 113 Å². The molecule has 3 rings (SSSR count). The fraction of sp³-hybridized carbons (Fsp3) is 0. The molecule has 1 aliphatic heterocycles. The standard InChI is InChI=1S/C13H8BrNOSe/c14-8-3-4-10-11(7-9-2-1-5-17-9)13(16)15-12(10)6-8/h1-7H,(H,15,16)/b11-7-. The first-order chi connectivity index (χ1) is 8.24. The van der Waals surface area contributed by atoms with Gasteiger partial charge in [0.1, 0.15) is 0 Å². The van der Waals surface area contributed by atoms with Crippen molar-refractivity contribution in [3.63, 3.8) is 0 Å². The number of halogens is 1. The van der Waals surface area contributed by atoms with Crippen LogP contribution in [0.4, 0.5) is 5.69 Å². The third-order valence-corrected chi connectivity index (χ3v) is 4.81. The van der Waals surface area contributed by atoms with Gasteiger partial charge >= 0.3 is 114 Å². The topological polar surface area (TPSA) is 29.1 Å². The van der Waals surface area contributed by atoms with E-state index in [1.54, 1.807) is 0 Å². The van der Waals surface area contributed by atoms with E-state index in [0.717, 1.165) is 21.3 Å². The van der Waals surface area contributed by atoms with Gasteiger partial charge in [0.05, 0.1) is 0 Å². The zero-order valence-electron chi connectivity index (χ0n) is 8.74. The molecular weight excluding hydrogens is 345 g/mol. The number of benzene rings is 1. The Balaban J connectivity index is 2.11. The van der Waals surface area contributed by atoms with Crippen molar-refractivity contribution in [2.24, 2.45) is 0 Å². The van der Waals surface area contributed by atoms with Crippen molar-refractivity contribution >= 4 is 53.7 Å². The maximum atomic E-state index is 11.9. The minimum absolute atomic E-state index is 0.0123. The van der Waals surface area contributed by atoms with Crippen LogP contribution in [0.1, 0.15) is 10.0 Å². The molecule has 1 N–H and O–H groups in total. The van der Waals surface area contributed by atoms with E-state index in [-0.39, 0.29) is 5.91 Å². The first-order valence-electron chi connectivity index (χ1n) is 5.10. The molecule has 0 unspecified atom stereocenters. The molecule has 1 aromatic heterocycles. The van der Waals surface area contributed by atoms with Gasteiger partial charge in [-0.2, -0.15) is 0 Å². The van der Waals surface area contributed by atoms with Gasteiger partial charge in [0, 0.05) is 0 Å². The first kappa shape index (κ1) is 11.0. The Morgan fingerprint density at radius 3 is 2.94 bits per heavy atom. The molecule has 0 spiro atoms. The minimum atomic E-state index is -0.0123. The van der Waals surface area contributed by atoms with Crippen LogP contribution in [0.3, 0.4) is 0 Å². The normalized spacial score (nSPS) is 16.1. The summed E-state index contributed by atoms with van der Waals surface area (Å²) in [5, 5.41) is 2.88. The summed E-state index contributed by atoms with van der Waals surface area (Å²) in [5.74, 6) is -0.0123. The molecule has 2 aromatic rings.